The predicted octanol–water partition coefficient (Wildman–Crippen LogP) is 4.36. The van der Waals surface area contributed by atoms with Gasteiger partial charge < -0.3 is 10.1 Å². The molecule has 2 rings (SSSR count). The van der Waals surface area contributed by atoms with Crippen molar-refractivity contribution in [2.45, 2.75) is 13.3 Å². The fourth-order valence-electron chi connectivity index (χ4n) is 1.90. The van der Waals surface area contributed by atoms with Gasteiger partial charge in [-0.2, -0.15) is 0 Å². The van der Waals surface area contributed by atoms with Crippen molar-refractivity contribution in [2.75, 3.05) is 19.0 Å². The van der Waals surface area contributed by atoms with Crippen LogP contribution in [0.5, 0.6) is 5.75 Å². The Labute approximate surface area is 128 Å². The number of rotatable bonds is 5. The molecule has 0 saturated heterocycles. The van der Waals surface area contributed by atoms with E-state index in [1.165, 1.54) is 0 Å². The minimum Gasteiger partial charge on any atom is -0.493 e. The Kier molecular flexibility index (Phi) is 5.10. The quantitative estimate of drug-likeness (QED) is 0.891. The zero-order chi connectivity index (χ0) is 14.5. The lowest BCUT2D eigenvalue weighted by atomic mass is 10.1. The molecule has 0 aliphatic carbocycles. The number of benzene rings is 1. The van der Waals surface area contributed by atoms with Crippen LogP contribution >= 0.6 is 23.2 Å². The summed E-state index contributed by atoms with van der Waals surface area (Å²) < 4.78 is 5.27. The zero-order valence-corrected chi connectivity index (χ0v) is 12.9. The number of nitrogens with one attached hydrogen (secondary N) is 1. The highest BCUT2D eigenvalue weighted by atomic mass is 35.5. The SMILES string of the molecule is COc1cnc(C)cc1NCCc1ccc(Cl)cc1Cl. The first-order valence-electron chi connectivity index (χ1n) is 6.28. The molecular weight excluding hydrogens is 295 g/mol. The van der Waals surface area contributed by atoms with Gasteiger partial charge in [0.25, 0.3) is 0 Å². The molecule has 0 fully saturated rings. The Morgan fingerprint density at radius 3 is 2.75 bits per heavy atom. The van der Waals surface area contributed by atoms with Gasteiger partial charge in [0, 0.05) is 22.3 Å². The summed E-state index contributed by atoms with van der Waals surface area (Å²) in [5.41, 5.74) is 2.94. The summed E-state index contributed by atoms with van der Waals surface area (Å²) in [4.78, 5) is 4.20. The van der Waals surface area contributed by atoms with Gasteiger partial charge in [-0.05, 0) is 37.1 Å². The lowest BCUT2D eigenvalue weighted by Gasteiger charge is -2.12. The molecule has 0 radical (unpaired) electrons. The number of aryl methyl sites for hydroxylation is 1. The number of anilines is 1. The number of hydrogen-bond donors (Lipinski definition) is 1. The average molecular weight is 311 g/mol. The van der Waals surface area contributed by atoms with E-state index >= 15 is 0 Å². The first-order valence-corrected chi connectivity index (χ1v) is 7.04. The summed E-state index contributed by atoms with van der Waals surface area (Å²) in [6.07, 6.45) is 2.52. The van der Waals surface area contributed by atoms with Crippen LogP contribution in [0.2, 0.25) is 10.0 Å². The highest BCUT2D eigenvalue weighted by molar-refractivity contribution is 6.35. The van der Waals surface area contributed by atoms with E-state index in [2.05, 4.69) is 10.3 Å². The molecule has 3 nitrogen and oxygen atoms in total. The molecular formula is C15H16Cl2N2O. The largest absolute Gasteiger partial charge is 0.493 e. The van der Waals surface area contributed by atoms with Crippen molar-refractivity contribution in [3.8, 4) is 5.75 Å². The van der Waals surface area contributed by atoms with E-state index in [0.29, 0.717) is 10.0 Å². The number of pyridine rings is 1. The van der Waals surface area contributed by atoms with Crippen LogP contribution in [0.25, 0.3) is 0 Å². The third-order valence-corrected chi connectivity index (χ3v) is 3.54. The molecule has 0 unspecified atom stereocenters. The van der Waals surface area contributed by atoms with Crippen LogP contribution in [0.4, 0.5) is 5.69 Å². The summed E-state index contributed by atoms with van der Waals surface area (Å²) >= 11 is 12.0. The zero-order valence-electron chi connectivity index (χ0n) is 11.4. The van der Waals surface area contributed by atoms with Gasteiger partial charge in [0.2, 0.25) is 0 Å². The van der Waals surface area contributed by atoms with Gasteiger partial charge in [0.05, 0.1) is 19.0 Å². The Hall–Kier alpha value is -1.45. The Balaban J connectivity index is 2.01. The van der Waals surface area contributed by atoms with Gasteiger partial charge in [0.1, 0.15) is 0 Å². The van der Waals surface area contributed by atoms with Crippen molar-refractivity contribution in [1.82, 2.24) is 4.98 Å². The number of aromatic nitrogens is 1. The highest BCUT2D eigenvalue weighted by Crippen LogP contribution is 2.24. The first kappa shape index (κ1) is 14.9. The number of hydrogen-bond acceptors (Lipinski definition) is 3. The molecule has 5 heteroatoms. The van der Waals surface area contributed by atoms with Crippen LogP contribution in [0.1, 0.15) is 11.3 Å². The molecule has 0 spiro atoms. The lowest BCUT2D eigenvalue weighted by molar-refractivity contribution is 0.414. The van der Waals surface area contributed by atoms with Crippen molar-refractivity contribution >= 4 is 28.9 Å². The van der Waals surface area contributed by atoms with Gasteiger partial charge in [-0.25, -0.2) is 0 Å². The standard InChI is InChI=1S/C15H16Cl2N2O/c1-10-7-14(15(20-2)9-19-10)18-6-5-11-3-4-12(16)8-13(11)17/h3-4,7-9H,5-6H2,1-2H3,(H,18,19). The summed E-state index contributed by atoms with van der Waals surface area (Å²) in [7, 11) is 1.63. The molecule has 20 heavy (non-hydrogen) atoms. The molecule has 106 valence electrons. The van der Waals surface area contributed by atoms with Gasteiger partial charge in [-0.15, -0.1) is 0 Å². The van der Waals surface area contributed by atoms with Gasteiger partial charge in [-0.3, -0.25) is 4.98 Å². The van der Waals surface area contributed by atoms with Gasteiger partial charge in [0.15, 0.2) is 5.75 Å². The summed E-state index contributed by atoms with van der Waals surface area (Å²) in [5, 5.41) is 4.68. The van der Waals surface area contributed by atoms with E-state index in [1.54, 1.807) is 19.4 Å². The van der Waals surface area contributed by atoms with Crippen molar-refractivity contribution in [3.63, 3.8) is 0 Å². The molecule has 1 N–H and O–H groups in total. The maximum atomic E-state index is 6.15. The minimum atomic E-state index is 0.651. The second-order valence-corrected chi connectivity index (χ2v) is 5.28. The monoisotopic (exact) mass is 310 g/mol. The van der Waals surface area contributed by atoms with Crippen molar-refractivity contribution in [2.24, 2.45) is 0 Å². The van der Waals surface area contributed by atoms with Crippen LogP contribution in [-0.4, -0.2) is 18.6 Å². The normalized spacial score (nSPS) is 10.4. The number of methoxy groups -OCH3 is 1. The summed E-state index contributed by atoms with van der Waals surface area (Å²) in [5.74, 6) is 0.734. The van der Waals surface area contributed by atoms with Crippen LogP contribution in [0, 0.1) is 6.92 Å². The maximum Gasteiger partial charge on any atom is 0.160 e. The molecule has 1 aromatic heterocycles. The third kappa shape index (κ3) is 3.78. The molecule has 0 bridgehead atoms. The van der Waals surface area contributed by atoms with Crippen LogP contribution in [-0.2, 0) is 6.42 Å². The van der Waals surface area contributed by atoms with E-state index in [4.69, 9.17) is 27.9 Å². The molecule has 0 atom stereocenters. The summed E-state index contributed by atoms with van der Waals surface area (Å²) in [6, 6.07) is 7.51. The average Bonchev–Trinajstić information content (AvgIpc) is 2.41. The Bertz CT molecular complexity index is 602. The molecule has 0 saturated carbocycles. The minimum absolute atomic E-state index is 0.651. The Morgan fingerprint density at radius 2 is 2.05 bits per heavy atom. The highest BCUT2D eigenvalue weighted by Gasteiger charge is 2.05. The van der Waals surface area contributed by atoms with E-state index in [-0.39, 0.29) is 0 Å². The number of halogens is 2. The molecule has 0 aliphatic heterocycles. The van der Waals surface area contributed by atoms with Crippen LogP contribution < -0.4 is 10.1 Å². The Morgan fingerprint density at radius 1 is 1.25 bits per heavy atom. The van der Waals surface area contributed by atoms with Crippen LogP contribution in [0.3, 0.4) is 0 Å². The fourth-order valence-corrected chi connectivity index (χ4v) is 2.41. The molecule has 1 aromatic carbocycles. The smallest absolute Gasteiger partial charge is 0.160 e. The third-order valence-electron chi connectivity index (χ3n) is 2.95. The molecule has 0 amide bonds. The summed E-state index contributed by atoms with van der Waals surface area (Å²) in [6.45, 7) is 2.70. The topological polar surface area (TPSA) is 34.1 Å². The second-order valence-electron chi connectivity index (χ2n) is 4.44. The molecule has 2 aromatic rings. The number of ether oxygens (including phenoxy) is 1. The predicted molar refractivity (Wildman–Crippen MR) is 84.2 cm³/mol. The van der Waals surface area contributed by atoms with Crippen molar-refractivity contribution in [1.29, 1.82) is 0 Å². The second kappa shape index (κ2) is 6.82. The van der Waals surface area contributed by atoms with E-state index in [1.807, 2.05) is 25.1 Å². The van der Waals surface area contributed by atoms with Gasteiger partial charge >= 0.3 is 0 Å². The van der Waals surface area contributed by atoms with Crippen molar-refractivity contribution in [3.05, 3.63) is 51.8 Å². The lowest BCUT2D eigenvalue weighted by Crippen LogP contribution is -2.07. The van der Waals surface area contributed by atoms with E-state index < -0.39 is 0 Å². The molecule has 0 aliphatic rings. The van der Waals surface area contributed by atoms with Crippen LogP contribution in [0.15, 0.2) is 30.5 Å². The molecule has 1 heterocycles. The maximum absolute atomic E-state index is 6.15. The van der Waals surface area contributed by atoms with Crippen molar-refractivity contribution < 1.29 is 4.74 Å². The first-order chi connectivity index (χ1) is 9.60. The van der Waals surface area contributed by atoms with E-state index in [0.717, 1.165) is 35.7 Å². The fraction of sp³-hybridized carbons (Fsp3) is 0.267. The van der Waals surface area contributed by atoms with E-state index in [9.17, 15) is 0 Å². The number of nitrogens with zero attached hydrogens (tertiary/aromatic N) is 1. The van der Waals surface area contributed by atoms with Gasteiger partial charge in [-0.1, -0.05) is 29.3 Å².